The Morgan fingerprint density at radius 2 is 1.80 bits per heavy atom. The maximum absolute atomic E-state index is 12.1. The first-order chi connectivity index (χ1) is 14.2. The van der Waals surface area contributed by atoms with Gasteiger partial charge in [0.15, 0.2) is 0 Å². The Balaban J connectivity index is 2.36. The molecule has 2 rings (SSSR count). The van der Waals surface area contributed by atoms with E-state index in [9.17, 15) is 15.0 Å². The second-order valence-electron chi connectivity index (χ2n) is 9.50. The SMILES string of the molecule is CCCCCCC(C)(C)c1cc(O)c(C2=C(CC(=O)OCC)CCC(C)C2)c(O)c1. The molecule has 0 amide bonds. The number of phenols is 2. The molecule has 1 unspecified atom stereocenters. The summed E-state index contributed by atoms with van der Waals surface area (Å²) >= 11 is 0. The van der Waals surface area contributed by atoms with E-state index in [-0.39, 0.29) is 29.3 Å². The van der Waals surface area contributed by atoms with E-state index in [0.717, 1.165) is 48.8 Å². The van der Waals surface area contributed by atoms with Gasteiger partial charge in [0.25, 0.3) is 0 Å². The smallest absolute Gasteiger partial charge is 0.309 e. The summed E-state index contributed by atoms with van der Waals surface area (Å²) in [7, 11) is 0. The van der Waals surface area contributed by atoms with Crippen LogP contribution in [0.3, 0.4) is 0 Å². The van der Waals surface area contributed by atoms with Crippen LogP contribution in [0.2, 0.25) is 0 Å². The monoisotopic (exact) mass is 416 g/mol. The molecule has 4 nitrogen and oxygen atoms in total. The number of ether oxygens (including phenoxy) is 1. The van der Waals surface area contributed by atoms with Gasteiger partial charge < -0.3 is 14.9 Å². The molecule has 1 aliphatic rings. The minimum atomic E-state index is -0.247. The predicted octanol–water partition coefficient (Wildman–Crippen LogP) is 6.87. The molecule has 0 heterocycles. The zero-order valence-electron chi connectivity index (χ0n) is 19.5. The minimum absolute atomic E-state index is 0.108. The Bertz CT molecular complexity index is 737. The summed E-state index contributed by atoms with van der Waals surface area (Å²) in [5.41, 5.74) is 3.21. The van der Waals surface area contributed by atoms with Crippen LogP contribution in [0.4, 0.5) is 0 Å². The third-order valence-electron chi connectivity index (χ3n) is 6.42. The lowest BCUT2D eigenvalue weighted by molar-refractivity contribution is -0.142. The van der Waals surface area contributed by atoms with Crippen molar-refractivity contribution in [3.63, 3.8) is 0 Å². The molecule has 1 aromatic rings. The van der Waals surface area contributed by atoms with Gasteiger partial charge in [-0.1, -0.05) is 59.0 Å². The molecule has 0 bridgehead atoms. The van der Waals surface area contributed by atoms with Crippen LogP contribution in [0.15, 0.2) is 17.7 Å². The highest BCUT2D eigenvalue weighted by atomic mass is 16.5. The van der Waals surface area contributed by atoms with Crippen LogP contribution < -0.4 is 0 Å². The Kier molecular flexibility index (Phi) is 8.81. The molecular weight excluding hydrogens is 376 g/mol. The summed E-state index contributed by atoms with van der Waals surface area (Å²) in [4.78, 5) is 12.1. The van der Waals surface area contributed by atoms with Gasteiger partial charge in [0.1, 0.15) is 11.5 Å². The van der Waals surface area contributed by atoms with E-state index in [0.29, 0.717) is 18.1 Å². The molecule has 0 radical (unpaired) electrons. The van der Waals surface area contributed by atoms with E-state index < -0.39 is 0 Å². The van der Waals surface area contributed by atoms with Crippen LogP contribution in [0.5, 0.6) is 11.5 Å². The summed E-state index contributed by atoms with van der Waals surface area (Å²) in [6.07, 6.45) is 8.56. The van der Waals surface area contributed by atoms with E-state index in [2.05, 4.69) is 27.7 Å². The molecule has 0 fully saturated rings. The maximum atomic E-state index is 12.1. The van der Waals surface area contributed by atoms with E-state index in [1.807, 2.05) is 12.1 Å². The number of unbranched alkanes of at least 4 members (excludes halogenated alkanes) is 3. The number of carbonyl (C=O) groups excluding carboxylic acids is 1. The van der Waals surface area contributed by atoms with Crippen molar-refractivity contribution < 1.29 is 19.7 Å². The summed E-state index contributed by atoms with van der Waals surface area (Å²) in [5.74, 6) is 0.414. The van der Waals surface area contributed by atoms with Gasteiger partial charge in [-0.05, 0) is 67.2 Å². The standard InChI is InChI=1S/C26H40O4/c1-6-8-9-10-13-26(4,5)20-16-22(27)25(23(28)17-20)21-14-18(3)11-12-19(21)15-24(29)30-7-2/h16-18,27-28H,6-15H2,1-5H3. The highest BCUT2D eigenvalue weighted by molar-refractivity contribution is 5.83. The van der Waals surface area contributed by atoms with Crippen LogP contribution in [0.25, 0.3) is 5.57 Å². The van der Waals surface area contributed by atoms with Crippen LogP contribution >= 0.6 is 0 Å². The second kappa shape index (κ2) is 10.9. The number of carbonyl (C=O) groups is 1. The number of esters is 1. The molecule has 4 heteroatoms. The van der Waals surface area contributed by atoms with Crippen LogP contribution in [-0.4, -0.2) is 22.8 Å². The fourth-order valence-corrected chi connectivity index (χ4v) is 4.48. The Morgan fingerprint density at radius 3 is 2.40 bits per heavy atom. The first kappa shape index (κ1) is 24.3. The highest BCUT2D eigenvalue weighted by Gasteiger charge is 2.28. The predicted molar refractivity (Wildman–Crippen MR) is 123 cm³/mol. The van der Waals surface area contributed by atoms with Crippen molar-refractivity contribution in [2.75, 3.05) is 6.61 Å². The van der Waals surface area contributed by atoms with E-state index >= 15 is 0 Å². The number of allylic oxidation sites excluding steroid dienone is 1. The van der Waals surface area contributed by atoms with Gasteiger partial charge in [-0.3, -0.25) is 4.79 Å². The second-order valence-corrected chi connectivity index (χ2v) is 9.50. The lowest BCUT2D eigenvalue weighted by Gasteiger charge is -2.29. The van der Waals surface area contributed by atoms with Gasteiger partial charge in [0, 0.05) is 0 Å². The van der Waals surface area contributed by atoms with Crippen molar-refractivity contribution >= 4 is 11.5 Å². The van der Waals surface area contributed by atoms with E-state index in [1.54, 1.807) is 6.92 Å². The molecule has 1 aliphatic carbocycles. The van der Waals surface area contributed by atoms with Crippen molar-refractivity contribution in [1.82, 2.24) is 0 Å². The molecule has 0 saturated heterocycles. The summed E-state index contributed by atoms with van der Waals surface area (Å²) in [6.45, 7) is 10.9. The Labute approximate surface area is 182 Å². The van der Waals surface area contributed by atoms with Gasteiger partial charge in [0.05, 0.1) is 18.6 Å². The average Bonchev–Trinajstić information content (AvgIpc) is 2.67. The minimum Gasteiger partial charge on any atom is -0.507 e. The van der Waals surface area contributed by atoms with Gasteiger partial charge in [-0.15, -0.1) is 0 Å². The van der Waals surface area contributed by atoms with E-state index in [4.69, 9.17) is 4.74 Å². The lowest BCUT2D eigenvalue weighted by atomic mass is 9.77. The zero-order chi connectivity index (χ0) is 22.3. The number of aromatic hydroxyl groups is 2. The quantitative estimate of drug-likeness (QED) is 0.322. The fraction of sp³-hybridized carbons (Fsp3) is 0.654. The number of rotatable bonds is 10. The molecule has 1 atom stereocenters. The zero-order valence-corrected chi connectivity index (χ0v) is 19.5. The number of benzene rings is 1. The summed E-state index contributed by atoms with van der Waals surface area (Å²) in [6, 6.07) is 3.62. The third-order valence-corrected chi connectivity index (χ3v) is 6.42. The summed E-state index contributed by atoms with van der Waals surface area (Å²) < 4.78 is 5.14. The topological polar surface area (TPSA) is 66.8 Å². The molecular formula is C26H40O4. The molecule has 0 aliphatic heterocycles. The Morgan fingerprint density at radius 1 is 1.13 bits per heavy atom. The van der Waals surface area contributed by atoms with Gasteiger partial charge in [-0.2, -0.15) is 0 Å². The first-order valence-corrected chi connectivity index (χ1v) is 11.6. The molecule has 1 aromatic carbocycles. The van der Waals surface area contributed by atoms with Gasteiger partial charge in [0.2, 0.25) is 0 Å². The van der Waals surface area contributed by atoms with E-state index in [1.165, 1.54) is 19.3 Å². The van der Waals surface area contributed by atoms with Crippen molar-refractivity contribution in [2.24, 2.45) is 5.92 Å². The fourth-order valence-electron chi connectivity index (χ4n) is 4.48. The molecule has 0 saturated carbocycles. The molecule has 168 valence electrons. The molecule has 2 N–H and O–H groups in total. The number of hydrogen-bond acceptors (Lipinski definition) is 4. The maximum Gasteiger partial charge on any atom is 0.309 e. The molecule has 0 spiro atoms. The van der Waals surface area contributed by atoms with Crippen molar-refractivity contribution in [1.29, 1.82) is 0 Å². The van der Waals surface area contributed by atoms with Crippen molar-refractivity contribution in [3.05, 3.63) is 28.8 Å². The van der Waals surface area contributed by atoms with Crippen LogP contribution in [-0.2, 0) is 14.9 Å². The van der Waals surface area contributed by atoms with Crippen molar-refractivity contribution in [3.8, 4) is 11.5 Å². The van der Waals surface area contributed by atoms with Crippen LogP contribution in [0, 0.1) is 5.92 Å². The highest BCUT2D eigenvalue weighted by Crippen LogP contribution is 2.46. The number of phenolic OH excluding ortho intramolecular Hbond substituents is 2. The van der Waals surface area contributed by atoms with Crippen LogP contribution in [0.1, 0.15) is 104 Å². The normalized spacial score (nSPS) is 17.3. The summed E-state index contributed by atoms with van der Waals surface area (Å²) in [5, 5.41) is 21.9. The van der Waals surface area contributed by atoms with Crippen molar-refractivity contribution in [2.45, 2.75) is 97.8 Å². The third kappa shape index (κ3) is 6.26. The Hall–Kier alpha value is -1.97. The van der Waals surface area contributed by atoms with Gasteiger partial charge >= 0.3 is 5.97 Å². The molecule has 30 heavy (non-hydrogen) atoms. The van der Waals surface area contributed by atoms with Gasteiger partial charge in [-0.25, -0.2) is 0 Å². The lowest BCUT2D eigenvalue weighted by Crippen LogP contribution is -2.17. The average molecular weight is 417 g/mol. The largest absolute Gasteiger partial charge is 0.507 e. The first-order valence-electron chi connectivity index (χ1n) is 11.6. The number of hydrogen-bond donors (Lipinski definition) is 2. The molecule has 0 aromatic heterocycles.